The monoisotopic (exact) mass is 342 g/mol. The van der Waals surface area contributed by atoms with Crippen molar-refractivity contribution in [3.05, 3.63) is 42.0 Å². The highest BCUT2D eigenvalue weighted by Crippen LogP contribution is 2.26. The first-order chi connectivity index (χ1) is 12.1. The van der Waals surface area contributed by atoms with E-state index in [1.54, 1.807) is 19.1 Å². The van der Waals surface area contributed by atoms with Crippen molar-refractivity contribution in [3.63, 3.8) is 0 Å². The Balaban J connectivity index is 1.79. The number of ether oxygens (including phenoxy) is 2. The molecule has 0 N–H and O–H groups in total. The normalized spacial score (nSPS) is 14.4. The minimum Gasteiger partial charge on any atom is -0.496 e. The third-order valence-electron chi connectivity index (χ3n) is 4.38. The summed E-state index contributed by atoms with van der Waals surface area (Å²) in [5.74, 6) is 0.206. The summed E-state index contributed by atoms with van der Waals surface area (Å²) in [4.78, 5) is 28.4. The second kappa shape index (κ2) is 7.53. The molecule has 0 radical (unpaired) electrons. The summed E-state index contributed by atoms with van der Waals surface area (Å²) in [5, 5.41) is 1.96. The van der Waals surface area contributed by atoms with Crippen LogP contribution in [0.4, 0.5) is 0 Å². The molecule has 2 amide bonds. The van der Waals surface area contributed by atoms with Gasteiger partial charge in [-0.25, -0.2) is 0 Å². The lowest BCUT2D eigenvalue weighted by molar-refractivity contribution is -0.135. The summed E-state index contributed by atoms with van der Waals surface area (Å²) >= 11 is 0. The van der Waals surface area contributed by atoms with Crippen LogP contribution in [0, 0.1) is 0 Å². The number of carbonyl (C=O) groups excluding carboxylic acids is 2. The second-order valence-corrected chi connectivity index (χ2v) is 6.05. The van der Waals surface area contributed by atoms with Crippen molar-refractivity contribution in [1.82, 2.24) is 9.80 Å². The van der Waals surface area contributed by atoms with Crippen molar-refractivity contribution in [3.8, 4) is 5.75 Å². The fourth-order valence-electron chi connectivity index (χ4n) is 2.95. The van der Waals surface area contributed by atoms with E-state index < -0.39 is 0 Å². The van der Waals surface area contributed by atoms with Crippen molar-refractivity contribution in [2.45, 2.75) is 0 Å². The zero-order chi connectivity index (χ0) is 17.8. The van der Waals surface area contributed by atoms with Crippen LogP contribution >= 0.6 is 0 Å². The highest BCUT2D eigenvalue weighted by Gasteiger charge is 2.23. The van der Waals surface area contributed by atoms with Gasteiger partial charge >= 0.3 is 0 Å². The molecule has 0 unspecified atom stereocenters. The highest BCUT2D eigenvalue weighted by atomic mass is 16.5. The predicted octanol–water partition coefficient (Wildman–Crippen LogP) is 1.78. The Morgan fingerprint density at radius 1 is 1.16 bits per heavy atom. The van der Waals surface area contributed by atoms with Gasteiger partial charge in [0.05, 0.1) is 32.4 Å². The first kappa shape index (κ1) is 17.2. The van der Waals surface area contributed by atoms with E-state index in [1.807, 2.05) is 36.4 Å². The van der Waals surface area contributed by atoms with E-state index in [0.717, 1.165) is 10.8 Å². The average molecular weight is 342 g/mol. The molecule has 25 heavy (non-hydrogen) atoms. The van der Waals surface area contributed by atoms with Crippen molar-refractivity contribution >= 4 is 22.6 Å². The van der Waals surface area contributed by atoms with Gasteiger partial charge in [0.15, 0.2) is 0 Å². The molecule has 2 aromatic rings. The molecule has 1 aliphatic heterocycles. The van der Waals surface area contributed by atoms with Crippen molar-refractivity contribution < 1.29 is 19.1 Å². The average Bonchev–Trinajstić information content (AvgIpc) is 2.66. The van der Waals surface area contributed by atoms with Gasteiger partial charge in [0.1, 0.15) is 5.75 Å². The third kappa shape index (κ3) is 3.74. The lowest BCUT2D eigenvalue weighted by Gasteiger charge is -2.29. The first-order valence-corrected chi connectivity index (χ1v) is 8.28. The van der Waals surface area contributed by atoms with E-state index in [-0.39, 0.29) is 18.4 Å². The molecule has 0 aliphatic carbocycles. The van der Waals surface area contributed by atoms with E-state index in [9.17, 15) is 9.59 Å². The van der Waals surface area contributed by atoms with Gasteiger partial charge < -0.3 is 19.3 Å². The largest absolute Gasteiger partial charge is 0.496 e. The molecule has 0 bridgehead atoms. The number of fused-ring (bicyclic) bond motifs is 1. The number of rotatable bonds is 4. The maximum atomic E-state index is 12.8. The molecular formula is C19H22N2O4. The minimum atomic E-state index is -0.232. The van der Waals surface area contributed by atoms with Gasteiger partial charge in [-0.3, -0.25) is 9.59 Å². The van der Waals surface area contributed by atoms with Gasteiger partial charge in [0.25, 0.3) is 5.91 Å². The minimum absolute atomic E-state index is 0.0365. The summed E-state index contributed by atoms with van der Waals surface area (Å²) < 4.78 is 10.6. The Morgan fingerprint density at radius 2 is 1.80 bits per heavy atom. The summed E-state index contributed by atoms with van der Waals surface area (Å²) in [7, 11) is 3.18. The molecule has 6 nitrogen and oxygen atoms in total. The van der Waals surface area contributed by atoms with Crippen molar-refractivity contribution in [1.29, 1.82) is 0 Å². The number of methoxy groups -OCH3 is 1. The maximum absolute atomic E-state index is 12.8. The number of hydrogen-bond donors (Lipinski definition) is 0. The van der Waals surface area contributed by atoms with Crippen LogP contribution in [0.5, 0.6) is 5.75 Å². The molecule has 0 aromatic heterocycles. The van der Waals surface area contributed by atoms with E-state index in [2.05, 4.69) is 0 Å². The molecule has 0 atom stereocenters. The zero-order valence-electron chi connectivity index (χ0n) is 14.5. The lowest BCUT2D eigenvalue weighted by atomic mass is 10.0. The van der Waals surface area contributed by atoms with Crippen molar-refractivity contribution in [2.24, 2.45) is 0 Å². The lowest BCUT2D eigenvalue weighted by Crippen LogP contribution is -2.46. The second-order valence-electron chi connectivity index (χ2n) is 6.05. The molecule has 3 rings (SSSR count). The van der Waals surface area contributed by atoms with Crippen LogP contribution in [0.3, 0.4) is 0 Å². The Kier molecular flexibility index (Phi) is 5.19. The first-order valence-electron chi connectivity index (χ1n) is 8.28. The summed E-state index contributed by atoms with van der Waals surface area (Å²) in [5.41, 5.74) is 0.457. The highest BCUT2D eigenvalue weighted by molar-refractivity contribution is 6.02. The van der Waals surface area contributed by atoms with Gasteiger partial charge in [-0.1, -0.05) is 24.3 Å². The van der Waals surface area contributed by atoms with Gasteiger partial charge in [-0.15, -0.1) is 0 Å². The molecule has 0 spiro atoms. The SMILES string of the molecule is COc1cc2ccccc2cc1C(=O)N(C)CC(=O)N1CCOCC1. The van der Waals surface area contributed by atoms with E-state index in [0.29, 0.717) is 37.6 Å². The van der Waals surface area contributed by atoms with Crippen LogP contribution in [0.15, 0.2) is 36.4 Å². The summed E-state index contributed by atoms with van der Waals surface area (Å²) in [6, 6.07) is 11.4. The Hall–Kier alpha value is -2.60. The molecule has 0 saturated carbocycles. The van der Waals surface area contributed by atoms with E-state index in [4.69, 9.17) is 9.47 Å². The Morgan fingerprint density at radius 3 is 2.44 bits per heavy atom. The molecule has 1 saturated heterocycles. The fourth-order valence-corrected chi connectivity index (χ4v) is 2.95. The van der Waals surface area contributed by atoms with Crippen LogP contribution in [0.1, 0.15) is 10.4 Å². The van der Waals surface area contributed by atoms with Crippen LogP contribution in [0.2, 0.25) is 0 Å². The van der Waals surface area contributed by atoms with Crippen LogP contribution in [0.25, 0.3) is 10.8 Å². The molecule has 6 heteroatoms. The number of hydrogen-bond acceptors (Lipinski definition) is 4. The zero-order valence-corrected chi connectivity index (χ0v) is 14.5. The number of morpholine rings is 1. The molecule has 132 valence electrons. The Labute approximate surface area is 146 Å². The molecule has 1 heterocycles. The van der Waals surface area contributed by atoms with E-state index in [1.165, 1.54) is 4.90 Å². The maximum Gasteiger partial charge on any atom is 0.257 e. The summed E-state index contributed by atoms with van der Waals surface area (Å²) in [6.07, 6.45) is 0. The van der Waals surface area contributed by atoms with Crippen molar-refractivity contribution in [2.75, 3.05) is 47.0 Å². The summed E-state index contributed by atoms with van der Waals surface area (Å²) in [6.45, 7) is 2.26. The fraction of sp³-hybridized carbons (Fsp3) is 0.368. The molecule has 2 aromatic carbocycles. The van der Waals surface area contributed by atoms with Crippen LogP contribution < -0.4 is 4.74 Å². The number of amides is 2. The molecule has 1 aliphatic rings. The van der Waals surface area contributed by atoms with Gasteiger partial charge in [-0.2, -0.15) is 0 Å². The molecular weight excluding hydrogens is 320 g/mol. The van der Waals surface area contributed by atoms with Gasteiger partial charge in [0.2, 0.25) is 5.91 Å². The molecule has 1 fully saturated rings. The van der Waals surface area contributed by atoms with Crippen LogP contribution in [-0.4, -0.2) is 68.6 Å². The van der Waals surface area contributed by atoms with Gasteiger partial charge in [-0.05, 0) is 22.9 Å². The standard InChI is InChI=1S/C19H22N2O4/c1-20(13-18(22)21-7-9-25-10-8-21)19(23)16-11-14-5-3-4-6-15(14)12-17(16)24-2/h3-6,11-12H,7-10,13H2,1-2H3. The quantitative estimate of drug-likeness (QED) is 0.850. The predicted molar refractivity (Wildman–Crippen MR) is 94.9 cm³/mol. The smallest absolute Gasteiger partial charge is 0.257 e. The number of nitrogens with zero attached hydrogens (tertiary/aromatic N) is 2. The van der Waals surface area contributed by atoms with Crippen LogP contribution in [-0.2, 0) is 9.53 Å². The van der Waals surface area contributed by atoms with Gasteiger partial charge in [0, 0.05) is 20.1 Å². The topological polar surface area (TPSA) is 59.1 Å². The Bertz CT molecular complexity index is 784. The van der Waals surface area contributed by atoms with E-state index >= 15 is 0 Å². The third-order valence-corrected chi connectivity index (χ3v) is 4.38. The number of carbonyl (C=O) groups is 2. The number of likely N-dealkylation sites (N-methyl/N-ethyl adjacent to an activating group) is 1. The number of benzene rings is 2.